The van der Waals surface area contributed by atoms with Crippen LogP contribution in [0.15, 0.2) is 35.5 Å². The number of amides is 1. The fraction of sp³-hybridized carbons (Fsp3) is 0.273. The predicted molar refractivity (Wildman–Crippen MR) is 68.1 cm³/mol. The Labute approximate surface area is 108 Å². The molecule has 0 aliphatic rings. The van der Waals surface area contributed by atoms with Crippen molar-refractivity contribution in [1.82, 2.24) is 24.9 Å². The Morgan fingerprint density at radius 1 is 1.42 bits per heavy atom. The van der Waals surface area contributed by atoms with Crippen molar-refractivity contribution >= 4 is 11.6 Å². The van der Waals surface area contributed by atoms with Gasteiger partial charge in [0, 0.05) is 30.7 Å². The number of nitrogens with two attached hydrogens (primary N) is 1. The molecule has 0 aromatic carbocycles. The third kappa shape index (κ3) is 3.66. The average Bonchev–Trinajstić information content (AvgIpc) is 2.87. The Kier molecular flexibility index (Phi) is 3.91. The molecular formula is C11H14N6O2. The van der Waals surface area contributed by atoms with Crippen molar-refractivity contribution in [2.45, 2.75) is 13.1 Å². The molecule has 0 bridgehead atoms. The zero-order chi connectivity index (χ0) is 13.7. The van der Waals surface area contributed by atoms with Crippen LogP contribution < -0.4 is 16.6 Å². The van der Waals surface area contributed by atoms with Gasteiger partial charge < -0.3 is 15.6 Å². The van der Waals surface area contributed by atoms with Gasteiger partial charge in [0.25, 0.3) is 5.56 Å². The van der Waals surface area contributed by atoms with Crippen molar-refractivity contribution in [3.63, 3.8) is 0 Å². The van der Waals surface area contributed by atoms with Crippen LogP contribution in [-0.4, -0.2) is 32.0 Å². The molecule has 100 valence electrons. The van der Waals surface area contributed by atoms with E-state index in [1.54, 1.807) is 17.1 Å². The summed E-state index contributed by atoms with van der Waals surface area (Å²) in [7, 11) is 0. The molecule has 19 heavy (non-hydrogen) atoms. The lowest BCUT2D eigenvalue weighted by Crippen LogP contribution is -2.33. The van der Waals surface area contributed by atoms with E-state index in [4.69, 9.17) is 5.73 Å². The van der Waals surface area contributed by atoms with E-state index in [0.717, 1.165) is 0 Å². The van der Waals surface area contributed by atoms with E-state index in [-0.39, 0.29) is 18.0 Å². The quantitative estimate of drug-likeness (QED) is 0.706. The van der Waals surface area contributed by atoms with E-state index in [9.17, 15) is 9.59 Å². The summed E-state index contributed by atoms with van der Waals surface area (Å²) in [5.74, 6) is -0.257. The van der Waals surface area contributed by atoms with E-state index in [0.29, 0.717) is 18.8 Å². The summed E-state index contributed by atoms with van der Waals surface area (Å²) in [5, 5.41) is 10.1. The summed E-state index contributed by atoms with van der Waals surface area (Å²) in [5.41, 5.74) is 5.73. The first kappa shape index (κ1) is 12.8. The SMILES string of the molecule is Nc1ccc(=O)n(CC(=O)NCCn2ccnn2)c1. The van der Waals surface area contributed by atoms with Crippen molar-refractivity contribution < 1.29 is 4.79 Å². The molecule has 0 aliphatic heterocycles. The topological polar surface area (TPSA) is 108 Å². The molecule has 0 fully saturated rings. The largest absolute Gasteiger partial charge is 0.398 e. The first-order valence-corrected chi connectivity index (χ1v) is 5.72. The van der Waals surface area contributed by atoms with Crippen LogP contribution in [0.2, 0.25) is 0 Å². The maximum atomic E-state index is 11.6. The fourth-order valence-corrected chi connectivity index (χ4v) is 1.55. The van der Waals surface area contributed by atoms with Crippen LogP contribution in [0.25, 0.3) is 0 Å². The maximum Gasteiger partial charge on any atom is 0.251 e. The Morgan fingerprint density at radius 3 is 3.00 bits per heavy atom. The third-order valence-corrected chi connectivity index (χ3v) is 2.46. The molecule has 3 N–H and O–H groups in total. The van der Waals surface area contributed by atoms with Crippen LogP contribution >= 0.6 is 0 Å². The van der Waals surface area contributed by atoms with Gasteiger partial charge in [0.15, 0.2) is 0 Å². The number of aromatic nitrogens is 4. The van der Waals surface area contributed by atoms with Gasteiger partial charge in [-0.3, -0.25) is 14.3 Å². The normalized spacial score (nSPS) is 10.3. The minimum atomic E-state index is -0.263. The fourth-order valence-electron chi connectivity index (χ4n) is 1.55. The molecule has 0 saturated carbocycles. The van der Waals surface area contributed by atoms with Gasteiger partial charge in [-0.1, -0.05) is 5.21 Å². The molecule has 0 aliphatic carbocycles. The number of hydrogen-bond donors (Lipinski definition) is 2. The van der Waals surface area contributed by atoms with Crippen molar-refractivity contribution in [2.75, 3.05) is 12.3 Å². The van der Waals surface area contributed by atoms with Gasteiger partial charge in [0.1, 0.15) is 6.54 Å². The van der Waals surface area contributed by atoms with Gasteiger partial charge >= 0.3 is 0 Å². The number of rotatable bonds is 5. The highest BCUT2D eigenvalue weighted by molar-refractivity contribution is 5.75. The third-order valence-electron chi connectivity index (χ3n) is 2.46. The highest BCUT2D eigenvalue weighted by Gasteiger charge is 2.04. The molecule has 0 atom stereocenters. The van der Waals surface area contributed by atoms with E-state index < -0.39 is 0 Å². The van der Waals surface area contributed by atoms with Crippen LogP contribution in [0, 0.1) is 0 Å². The van der Waals surface area contributed by atoms with Crippen molar-refractivity contribution in [1.29, 1.82) is 0 Å². The molecule has 2 rings (SSSR count). The zero-order valence-electron chi connectivity index (χ0n) is 10.2. The van der Waals surface area contributed by atoms with Crippen LogP contribution in [0.3, 0.4) is 0 Å². The highest BCUT2D eigenvalue weighted by atomic mass is 16.2. The highest BCUT2D eigenvalue weighted by Crippen LogP contribution is 1.95. The van der Waals surface area contributed by atoms with E-state index >= 15 is 0 Å². The van der Waals surface area contributed by atoms with Gasteiger partial charge in [-0.2, -0.15) is 0 Å². The summed E-state index contributed by atoms with van der Waals surface area (Å²) in [6, 6.07) is 2.83. The minimum Gasteiger partial charge on any atom is -0.398 e. The van der Waals surface area contributed by atoms with E-state index in [2.05, 4.69) is 15.6 Å². The molecule has 2 heterocycles. The molecule has 2 aromatic heterocycles. The molecule has 8 heteroatoms. The van der Waals surface area contributed by atoms with Crippen LogP contribution in [-0.2, 0) is 17.9 Å². The summed E-state index contributed by atoms with van der Waals surface area (Å²) in [6.07, 6.45) is 4.71. The smallest absolute Gasteiger partial charge is 0.251 e. The predicted octanol–water partition coefficient (Wildman–Crippen LogP) is -1.16. The first-order chi connectivity index (χ1) is 9.15. The molecule has 2 aromatic rings. The number of carbonyl (C=O) groups excluding carboxylic acids is 1. The van der Waals surface area contributed by atoms with Crippen molar-refractivity contribution in [3.05, 3.63) is 41.1 Å². The second kappa shape index (κ2) is 5.80. The monoisotopic (exact) mass is 262 g/mol. The Hall–Kier alpha value is -2.64. The number of nitrogen functional groups attached to an aromatic ring is 1. The van der Waals surface area contributed by atoms with E-state index in [1.165, 1.54) is 22.9 Å². The average molecular weight is 262 g/mol. The summed E-state index contributed by atoms with van der Waals surface area (Å²) < 4.78 is 2.87. The first-order valence-electron chi connectivity index (χ1n) is 5.72. The minimum absolute atomic E-state index is 0.0543. The number of carbonyl (C=O) groups is 1. The second-order valence-corrected chi connectivity index (χ2v) is 3.94. The molecule has 1 amide bonds. The Morgan fingerprint density at radius 2 is 2.26 bits per heavy atom. The molecule has 0 unspecified atom stereocenters. The van der Waals surface area contributed by atoms with Crippen LogP contribution in [0.1, 0.15) is 0 Å². The van der Waals surface area contributed by atoms with Gasteiger partial charge in [0.05, 0.1) is 12.7 Å². The van der Waals surface area contributed by atoms with Crippen LogP contribution in [0.5, 0.6) is 0 Å². The van der Waals surface area contributed by atoms with Crippen molar-refractivity contribution in [3.8, 4) is 0 Å². The van der Waals surface area contributed by atoms with Gasteiger partial charge in [-0.05, 0) is 6.07 Å². The lowest BCUT2D eigenvalue weighted by atomic mass is 10.4. The lowest BCUT2D eigenvalue weighted by molar-refractivity contribution is -0.121. The molecule has 0 saturated heterocycles. The van der Waals surface area contributed by atoms with Gasteiger partial charge in [-0.25, -0.2) is 0 Å². The zero-order valence-corrected chi connectivity index (χ0v) is 10.2. The van der Waals surface area contributed by atoms with Gasteiger partial charge in [-0.15, -0.1) is 5.10 Å². The molecular weight excluding hydrogens is 248 g/mol. The lowest BCUT2D eigenvalue weighted by Gasteiger charge is -2.07. The summed E-state index contributed by atoms with van der Waals surface area (Å²) in [4.78, 5) is 23.1. The number of anilines is 1. The Bertz CT molecular complexity index is 604. The Balaban J connectivity index is 1.84. The molecule has 0 spiro atoms. The number of hydrogen-bond acceptors (Lipinski definition) is 5. The summed E-state index contributed by atoms with van der Waals surface area (Å²) >= 11 is 0. The maximum absolute atomic E-state index is 11.6. The number of nitrogens with zero attached hydrogens (tertiary/aromatic N) is 4. The molecule has 0 radical (unpaired) electrons. The summed E-state index contributed by atoms with van der Waals surface area (Å²) in [6.45, 7) is 0.887. The second-order valence-electron chi connectivity index (χ2n) is 3.94. The van der Waals surface area contributed by atoms with Gasteiger partial charge in [0.2, 0.25) is 5.91 Å². The number of pyridine rings is 1. The van der Waals surface area contributed by atoms with Crippen molar-refractivity contribution in [2.24, 2.45) is 0 Å². The van der Waals surface area contributed by atoms with Crippen LogP contribution in [0.4, 0.5) is 5.69 Å². The standard InChI is InChI=1S/C11H14N6O2/c12-9-1-2-11(19)16(7-9)8-10(18)13-3-5-17-6-4-14-15-17/h1-2,4,6-7H,3,5,8,12H2,(H,13,18). The van der Waals surface area contributed by atoms with E-state index in [1.807, 2.05) is 0 Å². The number of nitrogens with one attached hydrogen (secondary N) is 1. The molecule has 8 nitrogen and oxygen atoms in total.